The Kier molecular flexibility index (Phi) is 6.79. The summed E-state index contributed by atoms with van der Waals surface area (Å²) in [7, 11) is 2.85. The maximum Gasteiger partial charge on any atom is 0.338 e. The van der Waals surface area contributed by atoms with Gasteiger partial charge in [-0.1, -0.05) is 23.7 Å². The Balaban J connectivity index is 1.65. The Morgan fingerprint density at radius 2 is 1.93 bits per heavy atom. The van der Waals surface area contributed by atoms with E-state index in [4.69, 9.17) is 25.8 Å². The fraction of sp³-hybridized carbons (Fsp3) is 0.286. The van der Waals surface area contributed by atoms with E-state index >= 15 is 0 Å². The predicted molar refractivity (Wildman–Crippen MR) is 111 cm³/mol. The van der Waals surface area contributed by atoms with Gasteiger partial charge in [0.05, 0.1) is 36.2 Å². The van der Waals surface area contributed by atoms with Gasteiger partial charge in [0.2, 0.25) is 5.91 Å². The second-order valence-electron chi connectivity index (χ2n) is 6.48. The zero-order chi connectivity index (χ0) is 21.7. The molecule has 0 aliphatic carbocycles. The third kappa shape index (κ3) is 4.65. The molecule has 1 aliphatic rings. The second-order valence-corrected chi connectivity index (χ2v) is 6.89. The molecule has 0 bridgehead atoms. The van der Waals surface area contributed by atoms with Gasteiger partial charge in [-0.15, -0.1) is 0 Å². The third-order valence-electron chi connectivity index (χ3n) is 4.55. The van der Waals surface area contributed by atoms with Crippen LogP contribution in [0.2, 0.25) is 5.02 Å². The van der Waals surface area contributed by atoms with Crippen LogP contribution in [0.1, 0.15) is 23.2 Å². The summed E-state index contributed by atoms with van der Waals surface area (Å²) in [4.78, 5) is 38.3. The van der Waals surface area contributed by atoms with Crippen LogP contribution in [-0.4, -0.2) is 45.2 Å². The number of rotatable bonds is 7. The number of nitrogens with one attached hydrogen (secondary N) is 1. The number of carbonyl (C=O) groups excluding carboxylic acids is 3. The Hall–Kier alpha value is -3.26. The minimum absolute atomic E-state index is 0.00783. The average Bonchev–Trinajstić information content (AvgIpc) is 3.17. The van der Waals surface area contributed by atoms with Crippen molar-refractivity contribution in [1.82, 2.24) is 0 Å². The fourth-order valence-corrected chi connectivity index (χ4v) is 3.44. The molecule has 1 saturated heterocycles. The number of ether oxygens (including phenoxy) is 3. The van der Waals surface area contributed by atoms with Gasteiger partial charge in [0.15, 0.2) is 18.1 Å². The highest BCUT2D eigenvalue weighted by molar-refractivity contribution is 6.32. The van der Waals surface area contributed by atoms with Gasteiger partial charge in [0, 0.05) is 13.0 Å². The molecule has 0 radical (unpaired) electrons. The molecule has 30 heavy (non-hydrogen) atoms. The van der Waals surface area contributed by atoms with Gasteiger partial charge < -0.3 is 24.4 Å². The minimum atomic E-state index is -0.740. The number of carbonyl (C=O) groups is 3. The van der Waals surface area contributed by atoms with E-state index in [0.717, 1.165) is 6.42 Å². The molecule has 1 N–H and O–H groups in total. The van der Waals surface area contributed by atoms with Crippen molar-refractivity contribution in [3.05, 3.63) is 47.0 Å². The van der Waals surface area contributed by atoms with E-state index in [-0.39, 0.29) is 22.2 Å². The van der Waals surface area contributed by atoms with Crippen LogP contribution in [-0.2, 0) is 14.3 Å². The van der Waals surface area contributed by atoms with E-state index in [2.05, 4.69) is 5.32 Å². The first-order valence-corrected chi connectivity index (χ1v) is 9.60. The number of hydrogen-bond donors (Lipinski definition) is 1. The first-order valence-electron chi connectivity index (χ1n) is 9.22. The number of methoxy groups -OCH3 is 2. The topological polar surface area (TPSA) is 94.2 Å². The van der Waals surface area contributed by atoms with Crippen LogP contribution < -0.4 is 19.7 Å². The lowest BCUT2D eigenvalue weighted by atomic mass is 10.2. The second kappa shape index (κ2) is 9.49. The van der Waals surface area contributed by atoms with E-state index < -0.39 is 18.5 Å². The lowest BCUT2D eigenvalue weighted by molar-refractivity contribution is -0.119. The lowest BCUT2D eigenvalue weighted by Crippen LogP contribution is -2.27. The highest BCUT2D eigenvalue weighted by atomic mass is 35.5. The summed E-state index contributed by atoms with van der Waals surface area (Å²) in [5.74, 6) is -0.703. The van der Waals surface area contributed by atoms with Crippen molar-refractivity contribution < 1.29 is 28.6 Å². The van der Waals surface area contributed by atoms with Crippen molar-refractivity contribution in [2.45, 2.75) is 12.8 Å². The molecule has 0 spiro atoms. The monoisotopic (exact) mass is 432 g/mol. The molecule has 1 heterocycles. The minimum Gasteiger partial charge on any atom is -0.493 e. The maximum atomic E-state index is 12.3. The zero-order valence-electron chi connectivity index (χ0n) is 16.6. The number of nitrogens with zero attached hydrogens (tertiary/aromatic N) is 1. The molecule has 1 fully saturated rings. The maximum absolute atomic E-state index is 12.3. The number of amides is 2. The molecule has 2 amide bonds. The van der Waals surface area contributed by atoms with Crippen molar-refractivity contribution in [2.24, 2.45) is 0 Å². The van der Waals surface area contributed by atoms with E-state index in [1.807, 2.05) is 0 Å². The van der Waals surface area contributed by atoms with E-state index in [1.165, 1.54) is 26.4 Å². The Morgan fingerprint density at radius 1 is 1.17 bits per heavy atom. The van der Waals surface area contributed by atoms with Gasteiger partial charge in [-0.3, -0.25) is 9.59 Å². The molecule has 1 aliphatic heterocycles. The number of hydrogen-bond acceptors (Lipinski definition) is 6. The van der Waals surface area contributed by atoms with Crippen molar-refractivity contribution >= 4 is 40.8 Å². The normalized spacial score (nSPS) is 13.2. The van der Waals surface area contributed by atoms with Crippen LogP contribution in [0.5, 0.6) is 11.5 Å². The molecule has 0 atom stereocenters. The van der Waals surface area contributed by atoms with E-state index in [1.54, 1.807) is 29.2 Å². The summed E-state index contributed by atoms with van der Waals surface area (Å²) in [6, 6.07) is 9.77. The van der Waals surface area contributed by atoms with Gasteiger partial charge in [-0.25, -0.2) is 4.79 Å². The predicted octanol–water partition coefficient (Wildman–Crippen LogP) is 3.28. The summed E-state index contributed by atoms with van der Waals surface area (Å²) in [5.41, 5.74) is 1.21. The van der Waals surface area contributed by atoms with Crippen LogP contribution in [0, 0.1) is 0 Å². The molecule has 9 heteroatoms. The highest BCUT2D eigenvalue weighted by Gasteiger charge is 2.24. The fourth-order valence-electron chi connectivity index (χ4n) is 3.15. The largest absolute Gasteiger partial charge is 0.493 e. The standard InChI is InChI=1S/C21H21ClN2O6/c1-28-17-11-13(10-14(22)20(17)29-2)21(27)30-12-18(25)23-15-6-3-4-7-16(15)24-9-5-8-19(24)26/h3-4,6-7,10-11H,5,8-9,12H2,1-2H3,(H,23,25). The quantitative estimate of drug-likeness (QED) is 0.675. The third-order valence-corrected chi connectivity index (χ3v) is 4.83. The number of para-hydroxylation sites is 2. The number of halogens is 1. The summed E-state index contributed by atoms with van der Waals surface area (Å²) < 4.78 is 15.4. The lowest BCUT2D eigenvalue weighted by Gasteiger charge is -2.20. The van der Waals surface area contributed by atoms with Gasteiger partial charge in [0.25, 0.3) is 5.91 Å². The van der Waals surface area contributed by atoms with Crippen molar-refractivity contribution in [1.29, 1.82) is 0 Å². The zero-order valence-corrected chi connectivity index (χ0v) is 17.3. The van der Waals surface area contributed by atoms with Crippen LogP contribution in [0.3, 0.4) is 0 Å². The Morgan fingerprint density at radius 3 is 2.60 bits per heavy atom. The van der Waals surface area contributed by atoms with Gasteiger partial charge in [-0.05, 0) is 30.7 Å². The SMILES string of the molecule is COc1cc(C(=O)OCC(=O)Nc2ccccc2N2CCCC2=O)cc(Cl)c1OC. The van der Waals surface area contributed by atoms with Crippen molar-refractivity contribution in [3.63, 3.8) is 0 Å². The molecule has 0 saturated carbocycles. The first kappa shape index (κ1) is 21.4. The average molecular weight is 433 g/mol. The number of anilines is 2. The highest BCUT2D eigenvalue weighted by Crippen LogP contribution is 2.36. The molecule has 0 aromatic heterocycles. The molecular formula is C21H21ClN2O6. The van der Waals surface area contributed by atoms with Gasteiger partial charge in [-0.2, -0.15) is 0 Å². The number of benzene rings is 2. The molecule has 2 aromatic carbocycles. The summed E-state index contributed by atoms with van der Waals surface area (Å²) >= 11 is 6.09. The molecule has 0 unspecified atom stereocenters. The van der Waals surface area contributed by atoms with E-state index in [9.17, 15) is 14.4 Å². The van der Waals surface area contributed by atoms with Gasteiger partial charge >= 0.3 is 5.97 Å². The molecule has 8 nitrogen and oxygen atoms in total. The number of esters is 1. The van der Waals surface area contributed by atoms with Crippen molar-refractivity contribution in [3.8, 4) is 11.5 Å². The summed E-state index contributed by atoms with van der Waals surface area (Å²) in [6.45, 7) is 0.0911. The molecule has 158 valence electrons. The van der Waals surface area contributed by atoms with Gasteiger partial charge in [0.1, 0.15) is 0 Å². The first-order chi connectivity index (χ1) is 14.4. The van der Waals surface area contributed by atoms with Crippen molar-refractivity contribution in [2.75, 3.05) is 37.6 Å². The Bertz CT molecular complexity index is 978. The molecule has 3 rings (SSSR count). The summed E-state index contributed by atoms with van der Waals surface area (Å²) in [5, 5.41) is 2.86. The smallest absolute Gasteiger partial charge is 0.338 e. The van der Waals surface area contributed by atoms with Crippen LogP contribution in [0.25, 0.3) is 0 Å². The molecular weight excluding hydrogens is 412 g/mol. The van der Waals surface area contributed by atoms with Crippen LogP contribution in [0.15, 0.2) is 36.4 Å². The van der Waals surface area contributed by atoms with E-state index in [0.29, 0.717) is 30.1 Å². The van der Waals surface area contributed by atoms with Crippen LogP contribution in [0.4, 0.5) is 11.4 Å². The van der Waals surface area contributed by atoms with Crippen LogP contribution >= 0.6 is 11.6 Å². The molecule has 2 aromatic rings. The Labute approximate surface area is 178 Å². The summed E-state index contributed by atoms with van der Waals surface area (Å²) in [6.07, 6.45) is 1.25.